The van der Waals surface area contributed by atoms with E-state index in [9.17, 15) is 0 Å². The summed E-state index contributed by atoms with van der Waals surface area (Å²) in [6, 6.07) is 0. The Morgan fingerprint density at radius 3 is 2.60 bits per heavy atom. The molecule has 5 heteroatoms. The molecule has 0 fully saturated rings. The first kappa shape index (κ1) is 9.80. The van der Waals surface area contributed by atoms with Gasteiger partial charge in [-0.25, -0.2) is 10.1 Å². The third-order valence-corrected chi connectivity index (χ3v) is 0.938. The molecule has 0 atom stereocenters. The predicted molar refractivity (Wildman–Crippen MR) is 31.4 cm³/mol. The Balaban J connectivity index is 2.65. The van der Waals surface area contributed by atoms with Crippen LogP contribution in [0.25, 0.3) is 0 Å². The summed E-state index contributed by atoms with van der Waals surface area (Å²) in [5, 5.41) is 18.0. The van der Waals surface area contributed by atoms with Crippen molar-refractivity contribution in [2.45, 2.75) is 26.2 Å². The second kappa shape index (κ2) is 8.80. The van der Waals surface area contributed by atoms with Crippen molar-refractivity contribution in [1.29, 1.82) is 0 Å². The molecule has 5 nitrogen and oxygen atoms in total. The van der Waals surface area contributed by atoms with Gasteiger partial charge in [0.1, 0.15) is 0 Å². The van der Waals surface area contributed by atoms with E-state index in [0.29, 0.717) is 6.61 Å². The molecule has 0 saturated heterocycles. The van der Waals surface area contributed by atoms with Crippen molar-refractivity contribution in [3.63, 3.8) is 0 Å². The molecule has 0 aliphatic rings. The minimum atomic E-state index is 0.428. The van der Waals surface area contributed by atoms with Crippen LogP contribution in [0.15, 0.2) is 0 Å². The SMILES string of the molecule is CCCCCOOOOO. The van der Waals surface area contributed by atoms with Gasteiger partial charge in [-0.05, 0) is 21.5 Å². The van der Waals surface area contributed by atoms with Gasteiger partial charge in [-0.15, -0.1) is 0 Å². The van der Waals surface area contributed by atoms with E-state index in [2.05, 4.69) is 26.9 Å². The van der Waals surface area contributed by atoms with E-state index in [1.807, 2.05) is 0 Å². The molecule has 0 aromatic heterocycles. The molecule has 0 bridgehead atoms. The molecule has 10 heavy (non-hydrogen) atoms. The Kier molecular flexibility index (Phi) is 8.62. The van der Waals surface area contributed by atoms with Crippen molar-refractivity contribution >= 4 is 0 Å². The van der Waals surface area contributed by atoms with Gasteiger partial charge in [0.15, 0.2) is 0 Å². The van der Waals surface area contributed by atoms with Gasteiger partial charge in [0.25, 0.3) is 0 Å². The van der Waals surface area contributed by atoms with Crippen LogP contribution in [0.3, 0.4) is 0 Å². The highest BCUT2D eigenvalue weighted by Crippen LogP contribution is 1.94. The highest BCUT2D eigenvalue weighted by molar-refractivity contribution is 4.32. The Morgan fingerprint density at radius 1 is 1.20 bits per heavy atom. The fraction of sp³-hybridized carbons (Fsp3) is 1.00. The summed E-state index contributed by atoms with van der Waals surface area (Å²) in [5.41, 5.74) is 0. The van der Waals surface area contributed by atoms with E-state index >= 15 is 0 Å². The molecule has 0 unspecified atom stereocenters. The molecular formula is C5H12O5. The van der Waals surface area contributed by atoms with Gasteiger partial charge in [-0.1, -0.05) is 19.8 Å². The third kappa shape index (κ3) is 7.80. The van der Waals surface area contributed by atoms with Crippen LogP contribution < -0.4 is 0 Å². The van der Waals surface area contributed by atoms with Crippen LogP contribution in [0.1, 0.15) is 26.2 Å². The first-order valence-electron chi connectivity index (χ1n) is 3.18. The summed E-state index contributed by atoms with van der Waals surface area (Å²) in [6.07, 6.45) is 3.08. The standard InChI is InChI=1S/C5H12O5/c1-2-3-4-5-7-9-10-8-6/h6H,2-5H2,1H3. The number of hydrogen-bond acceptors (Lipinski definition) is 5. The average molecular weight is 152 g/mol. The minimum Gasteiger partial charge on any atom is -0.219 e. The predicted octanol–water partition coefficient (Wildman–Crippen LogP) is 1.46. The molecule has 62 valence electrons. The maximum absolute atomic E-state index is 7.54. The number of rotatable bonds is 7. The molecule has 0 amide bonds. The van der Waals surface area contributed by atoms with Crippen molar-refractivity contribution < 1.29 is 25.3 Å². The maximum Gasteiger partial charge on any atom is 0.0855 e. The van der Waals surface area contributed by atoms with Crippen LogP contribution in [-0.2, 0) is 20.0 Å². The summed E-state index contributed by atoms with van der Waals surface area (Å²) in [6.45, 7) is 2.51. The van der Waals surface area contributed by atoms with Crippen LogP contribution in [0, 0.1) is 0 Å². The highest BCUT2D eigenvalue weighted by Gasteiger charge is 1.88. The van der Waals surface area contributed by atoms with E-state index in [-0.39, 0.29) is 0 Å². The average Bonchev–Trinajstić information content (AvgIpc) is 1.97. The van der Waals surface area contributed by atoms with E-state index < -0.39 is 0 Å². The van der Waals surface area contributed by atoms with Gasteiger partial charge >= 0.3 is 0 Å². The normalized spacial score (nSPS) is 10.2. The zero-order chi connectivity index (χ0) is 7.66. The lowest BCUT2D eigenvalue weighted by molar-refractivity contribution is -0.702. The van der Waals surface area contributed by atoms with Gasteiger partial charge in [0.05, 0.1) is 6.61 Å². The summed E-state index contributed by atoms with van der Waals surface area (Å²) < 4.78 is 0. The van der Waals surface area contributed by atoms with Crippen molar-refractivity contribution in [2.75, 3.05) is 6.61 Å². The molecule has 0 aromatic rings. The van der Waals surface area contributed by atoms with Crippen LogP contribution in [-0.4, -0.2) is 11.9 Å². The Bertz CT molecular complexity index is 50.0. The third-order valence-electron chi connectivity index (χ3n) is 0.938. The van der Waals surface area contributed by atoms with Crippen molar-refractivity contribution in [3.05, 3.63) is 0 Å². The molecule has 0 aromatic carbocycles. The second-order valence-electron chi connectivity index (χ2n) is 1.74. The van der Waals surface area contributed by atoms with Crippen molar-refractivity contribution in [2.24, 2.45) is 0 Å². The van der Waals surface area contributed by atoms with Gasteiger partial charge in [0, 0.05) is 0 Å². The quantitative estimate of drug-likeness (QED) is 0.340. The lowest BCUT2D eigenvalue weighted by atomic mass is 10.3. The van der Waals surface area contributed by atoms with E-state index in [4.69, 9.17) is 5.26 Å². The second-order valence-corrected chi connectivity index (χ2v) is 1.74. The van der Waals surface area contributed by atoms with Gasteiger partial charge in [-0.2, -0.15) is 0 Å². The van der Waals surface area contributed by atoms with Gasteiger partial charge < -0.3 is 0 Å². The van der Waals surface area contributed by atoms with Crippen LogP contribution in [0.5, 0.6) is 0 Å². The lowest BCUT2D eigenvalue weighted by Crippen LogP contribution is -1.97. The highest BCUT2D eigenvalue weighted by atomic mass is 17.8. The summed E-state index contributed by atoms with van der Waals surface area (Å²) >= 11 is 0. The van der Waals surface area contributed by atoms with Crippen molar-refractivity contribution in [1.82, 2.24) is 0 Å². The van der Waals surface area contributed by atoms with Crippen LogP contribution >= 0.6 is 0 Å². The molecule has 0 rings (SSSR count). The smallest absolute Gasteiger partial charge is 0.0855 e. The first-order valence-corrected chi connectivity index (χ1v) is 3.18. The van der Waals surface area contributed by atoms with E-state index in [0.717, 1.165) is 19.3 Å². The summed E-state index contributed by atoms with van der Waals surface area (Å²) in [4.78, 5) is 4.37. The molecule has 0 saturated carbocycles. The zero-order valence-corrected chi connectivity index (χ0v) is 5.91. The van der Waals surface area contributed by atoms with E-state index in [1.165, 1.54) is 0 Å². The number of unbranched alkanes of at least 4 members (excludes halogenated alkanes) is 2. The molecule has 0 spiro atoms. The first-order chi connectivity index (χ1) is 4.91. The van der Waals surface area contributed by atoms with Gasteiger partial charge in [-0.3, -0.25) is 0 Å². The fourth-order valence-electron chi connectivity index (χ4n) is 0.477. The number of hydrogen-bond donors (Lipinski definition) is 1. The van der Waals surface area contributed by atoms with Crippen molar-refractivity contribution in [3.8, 4) is 0 Å². The lowest BCUT2D eigenvalue weighted by Gasteiger charge is -1.97. The van der Waals surface area contributed by atoms with Gasteiger partial charge in [0.2, 0.25) is 0 Å². The monoisotopic (exact) mass is 152 g/mol. The largest absolute Gasteiger partial charge is 0.219 e. The molecule has 0 aliphatic carbocycles. The molecular weight excluding hydrogens is 140 g/mol. The molecule has 0 radical (unpaired) electrons. The summed E-state index contributed by atoms with van der Waals surface area (Å²) in [5.74, 6) is 0. The Hall–Kier alpha value is -0.200. The molecule has 1 N–H and O–H groups in total. The Labute approximate surface area is 59.2 Å². The zero-order valence-electron chi connectivity index (χ0n) is 5.91. The topological polar surface area (TPSA) is 57.2 Å². The molecule has 0 aliphatic heterocycles. The minimum absolute atomic E-state index is 0.428. The Morgan fingerprint density at radius 2 is 2.00 bits per heavy atom. The fourth-order valence-corrected chi connectivity index (χ4v) is 0.477. The summed E-state index contributed by atoms with van der Waals surface area (Å²) in [7, 11) is 0. The molecule has 0 heterocycles. The maximum atomic E-state index is 7.54. The van der Waals surface area contributed by atoms with Crippen LogP contribution in [0.4, 0.5) is 0 Å². The van der Waals surface area contributed by atoms with E-state index in [1.54, 1.807) is 0 Å². The van der Waals surface area contributed by atoms with Crippen LogP contribution in [0.2, 0.25) is 0 Å².